The molecule has 30 heavy (non-hydrogen) atoms. The van der Waals surface area contributed by atoms with Gasteiger partial charge in [-0.05, 0) is 67.5 Å². The predicted molar refractivity (Wildman–Crippen MR) is 126 cm³/mol. The average molecular weight is 422 g/mol. The van der Waals surface area contributed by atoms with Crippen LogP contribution in [-0.2, 0) is 13.0 Å². The summed E-state index contributed by atoms with van der Waals surface area (Å²) in [5.74, 6) is 1.47. The minimum Gasteiger partial charge on any atom is -0.354 e. The Hall–Kier alpha value is -2.28. The van der Waals surface area contributed by atoms with Gasteiger partial charge in [0.15, 0.2) is 0 Å². The molecule has 0 radical (unpaired) electrons. The van der Waals surface area contributed by atoms with E-state index in [0.717, 1.165) is 56.3 Å². The van der Waals surface area contributed by atoms with Gasteiger partial charge in [0.25, 0.3) is 0 Å². The minimum absolute atomic E-state index is 0.693. The van der Waals surface area contributed by atoms with Crippen molar-refractivity contribution in [2.24, 2.45) is 5.92 Å². The molecule has 0 bridgehead atoms. The van der Waals surface area contributed by atoms with E-state index in [4.69, 9.17) is 4.98 Å². The molecule has 0 amide bonds. The van der Waals surface area contributed by atoms with E-state index >= 15 is 0 Å². The number of thiophene rings is 1. The largest absolute Gasteiger partial charge is 0.354 e. The van der Waals surface area contributed by atoms with E-state index in [1.54, 1.807) is 11.3 Å². The molecule has 3 heterocycles. The minimum atomic E-state index is 0.693. The summed E-state index contributed by atoms with van der Waals surface area (Å²) in [6.07, 6.45) is 4.12. The SMILES string of the molecule is CCN(Cc1cccc(-c2ccnc(NCCc3cccs3)n2)c1)C[C@@H]1CCNC1. The molecule has 2 aromatic heterocycles. The Bertz CT molecular complexity index is 905. The maximum atomic E-state index is 4.74. The molecule has 5 nitrogen and oxygen atoms in total. The molecule has 6 heteroatoms. The van der Waals surface area contributed by atoms with Gasteiger partial charge in [-0.25, -0.2) is 9.97 Å². The Labute approximate surface area is 183 Å². The molecule has 1 aliphatic rings. The van der Waals surface area contributed by atoms with Crippen LogP contribution < -0.4 is 10.6 Å². The van der Waals surface area contributed by atoms with E-state index in [1.165, 1.54) is 23.4 Å². The summed E-state index contributed by atoms with van der Waals surface area (Å²) in [6, 6.07) is 15.0. The summed E-state index contributed by atoms with van der Waals surface area (Å²) in [4.78, 5) is 13.1. The summed E-state index contributed by atoms with van der Waals surface area (Å²) in [5.41, 5.74) is 3.45. The second kappa shape index (κ2) is 10.7. The fourth-order valence-electron chi connectivity index (χ4n) is 3.99. The molecule has 0 aliphatic carbocycles. The number of hydrogen-bond donors (Lipinski definition) is 2. The average Bonchev–Trinajstić information content (AvgIpc) is 3.48. The van der Waals surface area contributed by atoms with Gasteiger partial charge in [-0.3, -0.25) is 4.90 Å². The number of rotatable bonds is 10. The molecule has 1 aliphatic heterocycles. The van der Waals surface area contributed by atoms with Gasteiger partial charge in [0.1, 0.15) is 0 Å². The Morgan fingerprint density at radius 2 is 2.20 bits per heavy atom. The quantitative estimate of drug-likeness (QED) is 0.511. The molecule has 1 aromatic carbocycles. The molecule has 0 saturated carbocycles. The number of hydrogen-bond acceptors (Lipinski definition) is 6. The maximum absolute atomic E-state index is 4.74. The van der Waals surface area contributed by atoms with Crippen LogP contribution in [-0.4, -0.2) is 47.6 Å². The summed E-state index contributed by atoms with van der Waals surface area (Å²) in [6.45, 7) is 8.63. The number of anilines is 1. The fourth-order valence-corrected chi connectivity index (χ4v) is 4.69. The van der Waals surface area contributed by atoms with Gasteiger partial charge >= 0.3 is 0 Å². The van der Waals surface area contributed by atoms with Crippen molar-refractivity contribution in [2.45, 2.75) is 26.3 Å². The molecular weight excluding hydrogens is 390 g/mol. The predicted octanol–water partition coefficient (Wildman–Crippen LogP) is 4.29. The molecular formula is C24H31N5S. The highest BCUT2D eigenvalue weighted by atomic mass is 32.1. The van der Waals surface area contributed by atoms with Crippen LogP contribution in [0.5, 0.6) is 0 Å². The van der Waals surface area contributed by atoms with Crippen LogP contribution in [0.1, 0.15) is 23.8 Å². The summed E-state index contributed by atoms with van der Waals surface area (Å²) >= 11 is 1.79. The lowest BCUT2D eigenvalue weighted by Crippen LogP contribution is -2.30. The maximum Gasteiger partial charge on any atom is 0.223 e. The van der Waals surface area contributed by atoms with Crippen molar-refractivity contribution < 1.29 is 0 Å². The number of benzene rings is 1. The van der Waals surface area contributed by atoms with Crippen molar-refractivity contribution in [1.29, 1.82) is 0 Å². The van der Waals surface area contributed by atoms with Crippen LogP contribution >= 0.6 is 11.3 Å². The molecule has 4 rings (SSSR count). The van der Waals surface area contributed by atoms with Crippen LogP contribution in [0.2, 0.25) is 0 Å². The van der Waals surface area contributed by atoms with Crippen molar-refractivity contribution in [3.8, 4) is 11.3 Å². The van der Waals surface area contributed by atoms with Crippen molar-refractivity contribution in [3.05, 3.63) is 64.5 Å². The second-order valence-corrected chi connectivity index (χ2v) is 8.94. The van der Waals surface area contributed by atoms with E-state index in [9.17, 15) is 0 Å². The molecule has 2 N–H and O–H groups in total. The zero-order valence-electron chi connectivity index (χ0n) is 17.7. The zero-order valence-corrected chi connectivity index (χ0v) is 18.5. The van der Waals surface area contributed by atoms with Gasteiger partial charge in [-0.15, -0.1) is 11.3 Å². The second-order valence-electron chi connectivity index (χ2n) is 7.91. The first kappa shape index (κ1) is 21.0. The first-order valence-corrected chi connectivity index (χ1v) is 11.8. The summed E-state index contributed by atoms with van der Waals surface area (Å²) < 4.78 is 0. The molecule has 0 unspecified atom stereocenters. The van der Waals surface area contributed by atoms with E-state index < -0.39 is 0 Å². The Morgan fingerprint density at radius 1 is 1.23 bits per heavy atom. The standard InChI is InChI=1S/C24H31N5S/c1-2-29(18-20-8-11-25-16-20)17-19-5-3-6-21(15-19)23-10-13-27-24(28-23)26-12-9-22-7-4-14-30-22/h3-7,10,13-15,20,25H,2,8-9,11-12,16-18H2,1H3,(H,26,27,28)/t20-/m1/s1. The lowest BCUT2D eigenvalue weighted by Gasteiger charge is -2.24. The van der Waals surface area contributed by atoms with Gasteiger partial charge in [0, 0.05) is 36.3 Å². The van der Waals surface area contributed by atoms with Crippen LogP contribution in [0.3, 0.4) is 0 Å². The zero-order chi connectivity index (χ0) is 20.6. The molecule has 3 aromatic rings. The van der Waals surface area contributed by atoms with Gasteiger partial charge in [-0.2, -0.15) is 0 Å². The molecule has 0 spiro atoms. The Balaban J connectivity index is 1.38. The highest BCUT2D eigenvalue weighted by Gasteiger charge is 2.17. The van der Waals surface area contributed by atoms with Crippen LogP contribution in [0, 0.1) is 5.92 Å². The molecule has 158 valence electrons. The summed E-state index contributed by atoms with van der Waals surface area (Å²) in [7, 11) is 0. The Morgan fingerprint density at radius 3 is 3.00 bits per heavy atom. The first-order valence-electron chi connectivity index (χ1n) is 10.9. The highest BCUT2D eigenvalue weighted by molar-refractivity contribution is 7.09. The van der Waals surface area contributed by atoms with E-state index in [2.05, 4.69) is 69.2 Å². The van der Waals surface area contributed by atoms with Crippen LogP contribution in [0.15, 0.2) is 54.0 Å². The van der Waals surface area contributed by atoms with Gasteiger partial charge in [0.2, 0.25) is 5.95 Å². The van der Waals surface area contributed by atoms with Crippen molar-refractivity contribution in [1.82, 2.24) is 20.2 Å². The normalized spacial score (nSPS) is 16.3. The molecule has 1 atom stereocenters. The van der Waals surface area contributed by atoms with Crippen molar-refractivity contribution in [3.63, 3.8) is 0 Å². The third kappa shape index (κ3) is 5.88. The number of nitrogens with one attached hydrogen (secondary N) is 2. The van der Waals surface area contributed by atoms with Crippen molar-refractivity contribution in [2.75, 3.05) is 38.0 Å². The molecule has 1 fully saturated rings. The topological polar surface area (TPSA) is 53.1 Å². The van der Waals surface area contributed by atoms with Gasteiger partial charge < -0.3 is 10.6 Å². The van der Waals surface area contributed by atoms with E-state index in [-0.39, 0.29) is 0 Å². The van der Waals surface area contributed by atoms with Gasteiger partial charge in [-0.1, -0.05) is 31.2 Å². The van der Waals surface area contributed by atoms with Crippen molar-refractivity contribution >= 4 is 17.3 Å². The van der Waals surface area contributed by atoms with E-state index in [1.807, 2.05) is 12.3 Å². The van der Waals surface area contributed by atoms with E-state index in [0.29, 0.717) is 5.95 Å². The monoisotopic (exact) mass is 421 g/mol. The fraction of sp³-hybridized carbons (Fsp3) is 0.417. The van der Waals surface area contributed by atoms with Crippen LogP contribution in [0.25, 0.3) is 11.3 Å². The van der Waals surface area contributed by atoms with Crippen LogP contribution in [0.4, 0.5) is 5.95 Å². The van der Waals surface area contributed by atoms with Gasteiger partial charge in [0.05, 0.1) is 5.69 Å². The molecule has 1 saturated heterocycles. The highest BCUT2D eigenvalue weighted by Crippen LogP contribution is 2.21. The number of nitrogens with zero attached hydrogens (tertiary/aromatic N) is 3. The third-order valence-electron chi connectivity index (χ3n) is 5.65. The third-order valence-corrected chi connectivity index (χ3v) is 6.58. The smallest absolute Gasteiger partial charge is 0.223 e. The lowest BCUT2D eigenvalue weighted by molar-refractivity contribution is 0.240. The summed E-state index contributed by atoms with van der Waals surface area (Å²) in [5, 5.41) is 8.95. The first-order chi connectivity index (χ1) is 14.8. The number of aromatic nitrogens is 2. The Kier molecular flexibility index (Phi) is 7.45. The lowest BCUT2D eigenvalue weighted by atomic mass is 10.1.